The molecular weight excluding hydrogens is 324 g/mol. The number of aryl methyl sites for hydroxylation is 1. The molecule has 0 radical (unpaired) electrons. The van der Waals surface area contributed by atoms with Crippen LogP contribution >= 0.6 is 11.8 Å². The third-order valence-corrected chi connectivity index (χ3v) is 4.33. The molecular formula is C17H16N4O2S. The van der Waals surface area contributed by atoms with Crippen LogP contribution in [-0.2, 0) is 0 Å². The maximum atomic E-state index is 11.3. The number of carbonyl (C=O) groups is 1. The quantitative estimate of drug-likeness (QED) is 0.799. The number of nitrogens with two attached hydrogens (primary N) is 1. The highest BCUT2D eigenvalue weighted by Crippen LogP contribution is 2.22. The Balaban J connectivity index is 1.81. The van der Waals surface area contributed by atoms with Gasteiger partial charge in [0.2, 0.25) is 0 Å². The first-order valence-electron chi connectivity index (χ1n) is 7.27. The summed E-state index contributed by atoms with van der Waals surface area (Å²) in [6.45, 7) is 2.02. The van der Waals surface area contributed by atoms with E-state index in [0.717, 1.165) is 22.5 Å². The van der Waals surface area contributed by atoms with E-state index in [1.165, 1.54) is 17.8 Å². The molecule has 0 unspecified atom stereocenters. The number of amides is 1. The summed E-state index contributed by atoms with van der Waals surface area (Å²) in [6, 6.07) is 12.6. The van der Waals surface area contributed by atoms with E-state index in [1.807, 2.05) is 31.2 Å². The SMILES string of the molecule is Cc1cccc(N=C2NN=C(c3ccc(O)c(C(N)=O)c3)CS2)c1. The molecule has 1 aliphatic heterocycles. The molecule has 24 heavy (non-hydrogen) atoms. The van der Waals surface area contributed by atoms with Gasteiger partial charge in [-0.1, -0.05) is 23.9 Å². The van der Waals surface area contributed by atoms with Crippen LogP contribution in [0.5, 0.6) is 5.75 Å². The second-order valence-corrected chi connectivity index (χ2v) is 6.28. The molecule has 2 aromatic rings. The minimum atomic E-state index is -0.673. The Labute approximate surface area is 143 Å². The monoisotopic (exact) mass is 340 g/mol. The van der Waals surface area contributed by atoms with Crippen LogP contribution in [0.25, 0.3) is 0 Å². The van der Waals surface area contributed by atoms with Gasteiger partial charge in [-0.3, -0.25) is 10.2 Å². The summed E-state index contributed by atoms with van der Waals surface area (Å²) in [5.41, 5.74) is 11.8. The van der Waals surface area contributed by atoms with E-state index >= 15 is 0 Å². The van der Waals surface area contributed by atoms with Gasteiger partial charge in [-0.05, 0) is 48.4 Å². The van der Waals surface area contributed by atoms with Gasteiger partial charge in [0.05, 0.1) is 17.0 Å². The summed E-state index contributed by atoms with van der Waals surface area (Å²) in [4.78, 5) is 15.8. The molecule has 0 atom stereocenters. The van der Waals surface area contributed by atoms with Gasteiger partial charge in [0.25, 0.3) is 5.91 Å². The van der Waals surface area contributed by atoms with Crippen LogP contribution < -0.4 is 11.2 Å². The van der Waals surface area contributed by atoms with Gasteiger partial charge < -0.3 is 10.8 Å². The fourth-order valence-corrected chi connectivity index (χ4v) is 3.03. The first kappa shape index (κ1) is 16.1. The summed E-state index contributed by atoms with van der Waals surface area (Å²) in [7, 11) is 0. The Morgan fingerprint density at radius 3 is 2.83 bits per heavy atom. The predicted octanol–water partition coefficient (Wildman–Crippen LogP) is 2.53. The van der Waals surface area contributed by atoms with E-state index in [9.17, 15) is 9.90 Å². The lowest BCUT2D eigenvalue weighted by Crippen LogP contribution is -2.25. The number of carbonyl (C=O) groups excluding carboxylic acids is 1. The number of amidine groups is 1. The summed E-state index contributed by atoms with van der Waals surface area (Å²) >= 11 is 1.51. The van der Waals surface area contributed by atoms with Crippen LogP contribution in [0.3, 0.4) is 0 Å². The number of nitrogens with zero attached hydrogens (tertiary/aromatic N) is 2. The number of aliphatic imine (C=N–C) groups is 1. The summed E-state index contributed by atoms with van der Waals surface area (Å²) in [6.07, 6.45) is 0. The predicted molar refractivity (Wildman–Crippen MR) is 97.0 cm³/mol. The van der Waals surface area contributed by atoms with Crippen molar-refractivity contribution in [3.05, 3.63) is 59.2 Å². The fourth-order valence-electron chi connectivity index (χ4n) is 2.25. The lowest BCUT2D eigenvalue weighted by molar-refractivity contribution is 0.0997. The van der Waals surface area contributed by atoms with Crippen molar-refractivity contribution in [1.29, 1.82) is 0 Å². The summed E-state index contributed by atoms with van der Waals surface area (Å²) in [5.74, 6) is -0.210. The van der Waals surface area contributed by atoms with Crippen LogP contribution in [0.1, 0.15) is 21.5 Å². The van der Waals surface area contributed by atoms with Gasteiger partial charge in [-0.25, -0.2) is 4.99 Å². The molecule has 0 aliphatic carbocycles. The zero-order chi connectivity index (χ0) is 17.1. The van der Waals surface area contributed by atoms with E-state index < -0.39 is 5.91 Å². The normalized spacial score (nSPS) is 15.7. The number of rotatable bonds is 3. The van der Waals surface area contributed by atoms with Crippen LogP contribution in [-0.4, -0.2) is 27.6 Å². The Kier molecular flexibility index (Phi) is 4.52. The van der Waals surface area contributed by atoms with E-state index in [-0.39, 0.29) is 11.3 Å². The van der Waals surface area contributed by atoms with Gasteiger partial charge in [0.15, 0.2) is 5.17 Å². The van der Waals surface area contributed by atoms with Crippen LogP contribution in [0.15, 0.2) is 52.6 Å². The highest BCUT2D eigenvalue weighted by atomic mass is 32.2. The van der Waals surface area contributed by atoms with Gasteiger partial charge in [0, 0.05) is 5.75 Å². The Hall–Kier alpha value is -2.80. The van der Waals surface area contributed by atoms with Crippen molar-refractivity contribution >= 4 is 34.2 Å². The molecule has 0 fully saturated rings. The minimum absolute atomic E-state index is 0.0828. The van der Waals surface area contributed by atoms with Gasteiger partial charge in [-0.15, -0.1) is 0 Å². The molecule has 6 nitrogen and oxygen atoms in total. The standard InChI is InChI=1S/C17H16N4O2S/c1-10-3-2-4-12(7-10)19-17-21-20-14(9-24-17)11-5-6-15(22)13(8-11)16(18)23/h2-8,22H,9H2,1H3,(H2,18,23)(H,19,21). The summed E-state index contributed by atoms with van der Waals surface area (Å²) in [5, 5.41) is 14.7. The topological polar surface area (TPSA) is 100 Å². The molecule has 0 saturated heterocycles. The molecule has 1 amide bonds. The number of phenols is 1. The Morgan fingerprint density at radius 2 is 2.17 bits per heavy atom. The van der Waals surface area contributed by atoms with Crippen molar-refractivity contribution < 1.29 is 9.90 Å². The molecule has 0 saturated carbocycles. The fraction of sp³-hybridized carbons (Fsp3) is 0.118. The van der Waals surface area contributed by atoms with Crippen molar-refractivity contribution in [2.24, 2.45) is 15.8 Å². The lowest BCUT2D eigenvalue weighted by atomic mass is 10.1. The van der Waals surface area contributed by atoms with Gasteiger partial charge in [0.1, 0.15) is 5.75 Å². The Morgan fingerprint density at radius 1 is 1.33 bits per heavy atom. The smallest absolute Gasteiger partial charge is 0.252 e. The molecule has 0 spiro atoms. The second-order valence-electron chi connectivity index (χ2n) is 5.31. The number of hydrazone groups is 1. The molecule has 4 N–H and O–H groups in total. The van der Waals surface area contributed by atoms with E-state index in [0.29, 0.717) is 10.9 Å². The second kappa shape index (κ2) is 6.76. The number of hydrogen-bond acceptors (Lipinski definition) is 5. The van der Waals surface area contributed by atoms with Crippen molar-refractivity contribution in [2.45, 2.75) is 6.92 Å². The molecule has 1 heterocycles. The molecule has 3 rings (SSSR count). The average molecular weight is 340 g/mol. The van der Waals surface area contributed by atoms with E-state index in [4.69, 9.17) is 5.73 Å². The molecule has 0 bridgehead atoms. The molecule has 7 heteroatoms. The number of thioether (sulfide) groups is 1. The number of nitrogens with one attached hydrogen (secondary N) is 1. The molecule has 2 aromatic carbocycles. The maximum absolute atomic E-state index is 11.3. The van der Waals surface area contributed by atoms with E-state index in [2.05, 4.69) is 15.5 Å². The van der Waals surface area contributed by atoms with Crippen molar-refractivity contribution in [3.8, 4) is 5.75 Å². The van der Waals surface area contributed by atoms with Gasteiger partial charge in [-0.2, -0.15) is 5.10 Å². The Bertz CT molecular complexity index is 861. The van der Waals surface area contributed by atoms with E-state index in [1.54, 1.807) is 12.1 Å². The third-order valence-electron chi connectivity index (χ3n) is 3.46. The third kappa shape index (κ3) is 3.57. The largest absolute Gasteiger partial charge is 0.507 e. The highest BCUT2D eigenvalue weighted by molar-refractivity contribution is 8.14. The highest BCUT2D eigenvalue weighted by Gasteiger charge is 2.16. The van der Waals surface area contributed by atoms with Crippen molar-refractivity contribution in [2.75, 3.05) is 5.75 Å². The average Bonchev–Trinajstić information content (AvgIpc) is 2.56. The molecule has 1 aliphatic rings. The zero-order valence-electron chi connectivity index (χ0n) is 13.0. The lowest BCUT2D eigenvalue weighted by Gasteiger charge is -2.15. The van der Waals surface area contributed by atoms with Crippen LogP contribution in [0, 0.1) is 6.92 Å². The van der Waals surface area contributed by atoms with Crippen molar-refractivity contribution in [1.82, 2.24) is 5.43 Å². The maximum Gasteiger partial charge on any atom is 0.252 e. The van der Waals surface area contributed by atoms with Crippen molar-refractivity contribution in [3.63, 3.8) is 0 Å². The first-order chi connectivity index (χ1) is 11.5. The van der Waals surface area contributed by atoms with Crippen LogP contribution in [0.4, 0.5) is 5.69 Å². The zero-order valence-corrected chi connectivity index (χ0v) is 13.8. The van der Waals surface area contributed by atoms with Gasteiger partial charge >= 0.3 is 0 Å². The number of primary amides is 1. The number of hydrogen-bond donors (Lipinski definition) is 3. The molecule has 0 aromatic heterocycles. The minimum Gasteiger partial charge on any atom is -0.507 e. The summed E-state index contributed by atoms with van der Waals surface area (Å²) < 4.78 is 0. The number of aromatic hydroxyl groups is 1. The first-order valence-corrected chi connectivity index (χ1v) is 8.25. The molecule has 122 valence electrons. The van der Waals surface area contributed by atoms with Crippen LogP contribution in [0.2, 0.25) is 0 Å². The number of benzene rings is 2.